The summed E-state index contributed by atoms with van der Waals surface area (Å²) in [5.74, 6) is 0. The quantitative estimate of drug-likeness (QED) is 0.440. The van der Waals surface area contributed by atoms with Gasteiger partial charge < -0.3 is 9.47 Å². The fraction of sp³-hybridized carbons (Fsp3) is 0.750. The number of hydrogen-bond donors (Lipinski definition) is 0. The molecule has 0 bridgehead atoms. The van der Waals surface area contributed by atoms with Gasteiger partial charge in [-0.25, -0.2) is 0 Å². The maximum absolute atomic E-state index is 5.36. The molecule has 0 radical (unpaired) electrons. The average Bonchev–Trinajstić information content (AvgIpc) is 2.73. The Morgan fingerprint density at radius 3 is 2.90 bits per heavy atom. The minimum absolute atomic E-state index is 0.274. The van der Waals surface area contributed by atoms with Crippen molar-refractivity contribution in [1.82, 2.24) is 0 Å². The highest BCUT2D eigenvalue weighted by Gasteiger charge is 2.32. The number of epoxide rings is 1. The van der Waals surface area contributed by atoms with Crippen LogP contribution in [0.3, 0.4) is 0 Å². The highest BCUT2D eigenvalue weighted by molar-refractivity contribution is 4.81. The molecule has 1 rings (SSSR count). The Labute approximate surface area is 61.8 Å². The van der Waals surface area contributed by atoms with Crippen LogP contribution in [0.1, 0.15) is 20.3 Å². The predicted molar refractivity (Wildman–Crippen MR) is 39.7 cm³/mol. The van der Waals surface area contributed by atoms with E-state index in [1.165, 1.54) is 0 Å². The van der Waals surface area contributed by atoms with Crippen LogP contribution in [0.2, 0.25) is 0 Å². The van der Waals surface area contributed by atoms with Gasteiger partial charge in [0.05, 0.1) is 12.9 Å². The van der Waals surface area contributed by atoms with Crippen LogP contribution in [-0.4, -0.2) is 18.8 Å². The van der Waals surface area contributed by atoms with E-state index < -0.39 is 0 Å². The summed E-state index contributed by atoms with van der Waals surface area (Å²) in [7, 11) is 0. The molecule has 0 saturated carbocycles. The maximum Gasteiger partial charge on any atom is 0.126 e. The lowest BCUT2D eigenvalue weighted by Crippen LogP contribution is -2.15. The smallest absolute Gasteiger partial charge is 0.126 e. The molecule has 2 unspecified atom stereocenters. The van der Waals surface area contributed by atoms with E-state index in [4.69, 9.17) is 9.47 Å². The lowest BCUT2D eigenvalue weighted by molar-refractivity contribution is 0.108. The van der Waals surface area contributed by atoms with Gasteiger partial charge in [-0.15, -0.1) is 0 Å². The summed E-state index contributed by atoms with van der Waals surface area (Å²) in [5.41, 5.74) is 0. The Balaban J connectivity index is 2.19. The molecule has 1 aliphatic rings. The Morgan fingerprint density at radius 1 is 1.80 bits per heavy atom. The molecule has 0 amide bonds. The highest BCUT2D eigenvalue weighted by Crippen LogP contribution is 2.19. The van der Waals surface area contributed by atoms with E-state index in [-0.39, 0.29) is 6.10 Å². The Hall–Kier alpha value is -0.500. The van der Waals surface area contributed by atoms with E-state index >= 15 is 0 Å². The van der Waals surface area contributed by atoms with Crippen LogP contribution in [-0.2, 0) is 9.47 Å². The zero-order valence-electron chi connectivity index (χ0n) is 6.54. The standard InChI is InChI=1S/C8H14O2/c1-3-5-9-7(4-2)8-6-10-8/h3,5,7-8H,4,6H2,1-2H3/b5-3+. The van der Waals surface area contributed by atoms with Gasteiger partial charge in [-0.2, -0.15) is 0 Å². The number of hydrogen-bond acceptors (Lipinski definition) is 2. The Kier molecular flexibility index (Phi) is 2.75. The second kappa shape index (κ2) is 3.62. The molecule has 1 heterocycles. The summed E-state index contributed by atoms with van der Waals surface area (Å²) in [6.07, 6.45) is 5.29. The van der Waals surface area contributed by atoms with Crippen LogP contribution in [0.25, 0.3) is 0 Å². The molecular weight excluding hydrogens is 128 g/mol. The zero-order valence-corrected chi connectivity index (χ0v) is 6.54. The van der Waals surface area contributed by atoms with Gasteiger partial charge in [0, 0.05) is 0 Å². The van der Waals surface area contributed by atoms with Crippen molar-refractivity contribution in [2.45, 2.75) is 32.5 Å². The normalized spacial score (nSPS) is 26.8. The van der Waals surface area contributed by atoms with Crippen molar-refractivity contribution in [3.05, 3.63) is 12.3 Å². The van der Waals surface area contributed by atoms with Crippen LogP contribution < -0.4 is 0 Å². The van der Waals surface area contributed by atoms with Gasteiger partial charge >= 0.3 is 0 Å². The largest absolute Gasteiger partial charge is 0.496 e. The molecule has 2 nitrogen and oxygen atoms in total. The third kappa shape index (κ3) is 2.03. The molecule has 1 aliphatic heterocycles. The van der Waals surface area contributed by atoms with Gasteiger partial charge in [-0.05, 0) is 13.3 Å². The average molecular weight is 142 g/mol. The monoisotopic (exact) mass is 142 g/mol. The first kappa shape index (κ1) is 7.61. The van der Waals surface area contributed by atoms with E-state index in [0.717, 1.165) is 13.0 Å². The van der Waals surface area contributed by atoms with Gasteiger partial charge in [-0.1, -0.05) is 13.0 Å². The Morgan fingerprint density at radius 2 is 2.50 bits per heavy atom. The lowest BCUT2D eigenvalue weighted by atomic mass is 10.2. The molecule has 58 valence electrons. The van der Waals surface area contributed by atoms with Crippen molar-refractivity contribution in [2.75, 3.05) is 6.61 Å². The van der Waals surface area contributed by atoms with Crippen LogP contribution >= 0.6 is 0 Å². The molecule has 0 aromatic heterocycles. The summed E-state index contributed by atoms with van der Waals surface area (Å²) in [6.45, 7) is 4.92. The van der Waals surface area contributed by atoms with Crippen molar-refractivity contribution in [3.8, 4) is 0 Å². The molecule has 0 aliphatic carbocycles. The summed E-state index contributed by atoms with van der Waals surface area (Å²) in [4.78, 5) is 0. The van der Waals surface area contributed by atoms with Crippen molar-refractivity contribution in [1.29, 1.82) is 0 Å². The molecule has 0 aromatic carbocycles. The number of allylic oxidation sites excluding steroid dienone is 1. The molecule has 1 saturated heterocycles. The first-order valence-corrected chi connectivity index (χ1v) is 3.76. The van der Waals surface area contributed by atoms with E-state index in [9.17, 15) is 0 Å². The molecule has 10 heavy (non-hydrogen) atoms. The summed E-state index contributed by atoms with van der Waals surface area (Å²) < 4.78 is 10.5. The van der Waals surface area contributed by atoms with Gasteiger partial charge in [0.2, 0.25) is 0 Å². The molecule has 2 atom stereocenters. The van der Waals surface area contributed by atoms with Crippen LogP contribution in [0.15, 0.2) is 12.3 Å². The molecule has 0 N–H and O–H groups in total. The topological polar surface area (TPSA) is 21.8 Å². The van der Waals surface area contributed by atoms with Crippen LogP contribution in [0.4, 0.5) is 0 Å². The second-order valence-electron chi connectivity index (χ2n) is 2.42. The predicted octanol–water partition coefficient (Wildman–Crippen LogP) is 1.71. The van der Waals surface area contributed by atoms with E-state index in [2.05, 4.69) is 6.92 Å². The van der Waals surface area contributed by atoms with Crippen molar-refractivity contribution >= 4 is 0 Å². The molecular formula is C8H14O2. The Bertz CT molecular complexity index is 116. The summed E-state index contributed by atoms with van der Waals surface area (Å²) in [6, 6.07) is 0. The van der Waals surface area contributed by atoms with E-state index in [0.29, 0.717) is 6.10 Å². The molecule has 2 heteroatoms. The fourth-order valence-corrected chi connectivity index (χ4v) is 0.896. The molecule has 0 spiro atoms. The fourth-order valence-electron chi connectivity index (χ4n) is 0.896. The summed E-state index contributed by atoms with van der Waals surface area (Å²) >= 11 is 0. The van der Waals surface area contributed by atoms with Crippen molar-refractivity contribution in [3.63, 3.8) is 0 Å². The first-order valence-electron chi connectivity index (χ1n) is 3.76. The summed E-state index contributed by atoms with van der Waals surface area (Å²) in [5, 5.41) is 0. The van der Waals surface area contributed by atoms with Gasteiger partial charge in [0.1, 0.15) is 12.2 Å². The molecule has 1 fully saturated rings. The highest BCUT2D eigenvalue weighted by atomic mass is 16.6. The lowest BCUT2D eigenvalue weighted by Gasteiger charge is -2.10. The second-order valence-corrected chi connectivity index (χ2v) is 2.42. The first-order chi connectivity index (χ1) is 4.88. The van der Waals surface area contributed by atoms with Crippen molar-refractivity contribution in [2.24, 2.45) is 0 Å². The molecule has 0 aromatic rings. The number of ether oxygens (including phenoxy) is 2. The van der Waals surface area contributed by atoms with Crippen LogP contribution in [0.5, 0.6) is 0 Å². The van der Waals surface area contributed by atoms with E-state index in [1.807, 2.05) is 13.0 Å². The van der Waals surface area contributed by atoms with Crippen LogP contribution in [0, 0.1) is 0 Å². The SMILES string of the molecule is C/C=C/OC(CC)C1CO1. The van der Waals surface area contributed by atoms with Gasteiger partial charge in [0.25, 0.3) is 0 Å². The third-order valence-corrected chi connectivity index (χ3v) is 1.57. The van der Waals surface area contributed by atoms with Gasteiger partial charge in [0.15, 0.2) is 0 Å². The minimum atomic E-state index is 0.274. The maximum atomic E-state index is 5.36. The van der Waals surface area contributed by atoms with Gasteiger partial charge in [-0.3, -0.25) is 0 Å². The third-order valence-electron chi connectivity index (χ3n) is 1.57. The zero-order chi connectivity index (χ0) is 7.40. The van der Waals surface area contributed by atoms with E-state index in [1.54, 1.807) is 6.26 Å². The minimum Gasteiger partial charge on any atom is -0.496 e. The van der Waals surface area contributed by atoms with Crippen molar-refractivity contribution < 1.29 is 9.47 Å². The number of rotatable bonds is 4.